The molecule has 0 aromatic heterocycles. The fourth-order valence-electron chi connectivity index (χ4n) is 2.92. The number of nitro groups is 2. The number of aliphatic carboxylic acids is 1. The molecule has 3 amide bonds. The number of nitro benzene ring substituents is 2. The van der Waals surface area contributed by atoms with Crippen LogP contribution in [0.15, 0.2) is 53.5 Å². The zero-order chi connectivity index (χ0) is 33.6. The first-order valence-electron chi connectivity index (χ1n) is 12.3. The molecule has 5 N–H and O–H groups in total. The maximum Gasteiger partial charge on any atom is 0.490 e. The molecule has 2 aromatic rings. The SMILES string of the molecule is O=C(CN=C(NC(=O)OCc1ccc([N+](=O)[O-])cc1)NC(=O)OCc1ccc([N+](=O)[O-])cc1)NC1CNC1.O=C(O)C(F)(F)F. The molecular weight excluding hydrogens is 619 g/mol. The number of carboxylic acid groups (broad SMARTS) is 1. The molecule has 1 fully saturated rings. The van der Waals surface area contributed by atoms with Gasteiger partial charge in [0.2, 0.25) is 11.9 Å². The van der Waals surface area contributed by atoms with Crippen LogP contribution >= 0.6 is 0 Å². The van der Waals surface area contributed by atoms with Crippen LogP contribution in [0, 0.1) is 20.2 Å². The minimum Gasteiger partial charge on any atom is -0.475 e. The van der Waals surface area contributed by atoms with Crippen LogP contribution in [0.5, 0.6) is 0 Å². The summed E-state index contributed by atoms with van der Waals surface area (Å²) in [6.07, 6.45) is -7.14. The molecule has 21 heteroatoms. The van der Waals surface area contributed by atoms with Crippen molar-refractivity contribution in [2.45, 2.75) is 25.4 Å². The lowest BCUT2D eigenvalue weighted by Gasteiger charge is -2.27. The third kappa shape index (κ3) is 13.3. The number of guanidine groups is 1. The molecule has 1 aliphatic rings. The van der Waals surface area contributed by atoms with Crippen molar-refractivity contribution in [3.63, 3.8) is 0 Å². The van der Waals surface area contributed by atoms with Crippen LogP contribution in [-0.2, 0) is 32.3 Å². The van der Waals surface area contributed by atoms with Crippen molar-refractivity contribution in [2.75, 3.05) is 19.6 Å². The summed E-state index contributed by atoms with van der Waals surface area (Å²) in [5, 5.41) is 38.7. The van der Waals surface area contributed by atoms with E-state index in [9.17, 15) is 47.8 Å². The molecule has 0 spiro atoms. The molecule has 0 radical (unpaired) electrons. The molecule has 0 unspecified atom stereocenters. The standard InChI is InChI=1S/C22H23N7O9.C2HF3O2/c30-19(25-16-9-23-10-16)11-24-20(26-21(31)37-12-14-1-5-17(6-2-14)28(33)34)27-22(32)38-13-15-3-7-18(8-4-15)29(35)36;3-2(4,5)1(6)7/h1-8,16,23H,9-13H2,(H,25,30)(H2,24,26,27,31,32);(H,6,7). The lowest BCUT2D eigenvalue weighted by Crippen LogP contribution is -2.57. The van der Waals surface area contributed by atoms with Crippen molar-refractivity contribution in [1.82, 2.24) is 21.3 Å². The number of ether oxygens (including phenoxy) is 2. The third-order valence-electron chi connectivity index (χ3n) is 5.24. The Labute approximate surface area is 249 Å². The number of hydrogen-bond acceptors (Lipinski definition) is 12. The van der Waals surface area contributed by atoms with Crippen molar-refractivity contribution in [3.05, 3.63) is 79.9 Å². The summed E-state index contributed by atoms with van der Waals surface area (Å²) < 4.78 is 41.8. The third-order valence-corrected chi connectivity index (χ3v) is 5.24. The first kappa shape index (κ1) is 35.3. The van der Waals surface area contributed by atoms with Gasteiger partial charge in [-0.05, 0) is 35.4 Å². The maximum atomic E-state index is 12.2. The van der Waals surface area contributed by atoms with Crippen LogP contribution in [-0.4, -0.2) is 76.8 Å². The van der Waals surface area contributed by atoms with E-state index in [1.165, 1.54) is 48.5 Å². The highest BCUT2D eigenvalue weighted by molar-refractivity contribution is 6.02. The Bertz CT molecular complexity index is 1340. The number of carbonyl (C=O) groups is 4. The van der Waals surface area contributed by atoms with Gasteiger partial charge < -0.3 is 25.2 Å². The average molecular weight is 643 g/mol. The quantitative estimate of drug-likeness (QED) is 0.113. The molecule has 242 valence electrons. The number of halogens is 3. The number of nitrogens with zero attached hydrogens (tertiary/aromatic N) is 3. The number of rotatable bonds is 9. The summed E-state index contributed by atoms with van der Waals surface area (Å²) in [7, 11) is 0. The Hall–Kier alpha value is -5.86. The number of hydrogen-bond donors (Lipinski definition) is 5. The normalized spacial score (nSPS) is 12.2. The van der Waals surface area contributed by atoms with Crippen LogP contribution in [0.3, 0.4) is 0 Å². The maximum absolute atomic E-state index is 12.2. The molecule has 18 nitrogen and oxygen atoms in total. The summed E-state index contributed by atoms with van der Waals surface area (Å²) in [6, 6.07) is 10.6. The van der Waals surface area contributed by atoms with E-state index in [0.717, 1.165) is 0 Å². The summed E-state index contributed by atoms with van der Waals surface area (Å²) in [5.41, 5.74) is 0.682. The van der Waals surface area contributed by atoms with Gasteiger partial charge in [-0.15, -0.1) is 0 Å². The molecule has 3 rings (SSSR count). The minimum absolute atomic E-state index is 0.0413. The van der Waals surface area contributed by atoms with Gasteiger partial charge in [-0.2, -0.15) is 13.2 Å². The van der Waals surface area contributed by atoms with E-state index >= 15 is 0 Å². The van der Waals surface area contributed by atoms with Gasteiger partial charge in [0.25, 0.3) is 11.4 Å². The molecule has 2 aromatic carbocycles. The van der Waals surface area contributed by atoms with Crippen LogP contribution in [0.2, 0.25) is 0 Å². The minimum atomic E-state index is -5.08. The van der Waals surface area contributed by atoms with E-state index in [2.05, 4.69) is 26.3 Å². The highest BCUT2D eigenvalue weighted by atomic mass is 19.4. The number of alkyl carbamates (subject to hydrolysis) is 2. The van der Waals surface area contributed by atoms with Crippen LogP contribution in [0.1, 0.15) is 11.1 Å². The monoisotopic (exact) mass is 643 g/mol. The van der Waals surface area contributed by atoms with Crippen molar-refractivity contribution in [3.8, 4) is 0 Å². The fourth-order valence-corrected chi connectivity index (χ4v) is 2.92. The Balaban J connectivity index is 0.000000900. The van der Waals surface area contributed by atoms with Gasteiger partial charge in [0.1, 0.15) is 19.8 Å². The zero-order valence-electron chi connectivity index (χ0n) is 22.7. The van der Waals surface area contributed by atoms with Gasteiger partial charge in [-0.25, -0.2) is 19.4 Å². The molecular formula is C24H24F3N7O11. The lowest BCUT2D eigenvalue weighted by atomic mass is 10.2. The largest absolute Gasteiger partial charge is 0.490 e. The predicted molar refractivity (Wildman–Crippen MR) is 144 cm³/mol. The van der Waals surface area contributed by atoms with E-state index in [-0.39, 0.29) is 30.6 Å². The molecule has 0 atom stereocenters. The fraction of sp³-hybridized carbons (Fsp3) is 0.292. The number of benzene rings is 2. The summed E-state index contributed by atoms with van der Waals surface area (Å²) in [5.74, 6) is -3.63. The van der Waals surface area contributed by atoms with E-state index in [4.69, 9.17) is 19.4 Å². The predicted octanol–water partition coefficient (Wildman–Crippen LogP) is 1.73. The molecule has 0 bridgehead atoms. The van der Waals surface area contributed by atoms with E-state index in [1.807, 2.05) is 0 Å². The zero-order valence-corrected chi connectivity index (χ0v) is 22.7. The lowest BCUT2D eigenvalue weighted by molar-refractivity contribution is -0.385. The Morgan fingerprint density at radius 3 is 1.58 bits per heavy atom. The van der Waals surface area contributed by atoms with Crippen molar-refractivity contribution >= 4 is 41.4 Å². The van der Waals surface area contributed by atoms with Crippen LogP contribution in [0.25, 0.3) is 0 Å². The molecule has 0 aliphatic carbocycles. The number of nitrogens with one attached hydrogen (secondary N) is 4. The first-order chi connectivity index (χ1) is 21.1. The number of aliphatic imine (C=N–C) groups is 1. The van der Waals surface area contributed by atoms with E-state index in [0.29, 0.717) is 24.2 Å². The molecule has 1 aliphatic heterocycles. The first-order valence-corrected chi connectivity index (χ1v) is 12.3. The highest BCUT2D eigenvalue weighted by Crippen LogP contribution is 2.14. The smallest absolute Gasteiger partial charge is 0.475 e. The van der Waals surface area contributed by atoms with Crippen molar-refractivity contribution < 1.29 is 56.8 Å². The second kappa shape index (κ2) is 16.7. The number of carboxylic acids is 1. The van der Waals surface area contributed by atoms with Gasteiger partial charge in [0.15, 0.2) is 0 Å². The van der Waals surface area contributed by atoms with Gasteiger partial charge in [-0.1, -0.05) is 0 Å². The van der Waals surface area contributed by atoms with Gasteiger partial charge in [-0.3, -0.25) is 35.7 Å². The Morgan fingerprint density at radius 2 is 1.27 bits per heavy atom. The van der Waals surface area contributed by atoms with Crippen LogP contribution < -0.4 is 21.3 Å². The summed E-state index contributed by atoms with van der Waals surface area (Å²) in [6.45, 7) is 0.330. The number of alkyl halides is 3. The van der Waals surface area contributed by atoms with E-state index in [1.54, 1.807) is 0 Å². The number of amides is 3. The summed E-state index contributed by atoms with van der Waals surface area (Å²) in [4.78, 5) is 69.7. The Morgan fingerprint density at radius 1 is 0.867 bits per heavy atom. The van der Waals surface area contributed by atoms with Crippen molar-refractivity contribution in [1.29, 1.82) is 0 Å². The van der Waals surface area contributed by atoms with Crippen LogP contribution in [0.4, 0.5) is 34.1 Å². The second-order valence-corrected chi connectivity index (χ2v) is 8.64. The highest BCUT2D eigenvalue weighted by Gasteiger charge is 2.38. The summed E-state index contributed by atoms with van der Waals surface area (Å²) >= 11 is 0. The molecule has 45 heavy (non-hydrogen) atoms. The van der Waals surface area contributed by atoms with Crippen molar-refractivity contribution in [2.24, 2.45) is 4.99 Å². The average Bonchev–Trinajstić information content (AvgIpc) is 2.96. The molecule has 1 heterocycles. The molecule has 1 saturated heterocycles. The van der Waals surface area contributed by atoms with E-state index < -0.39 is 52.6 Å². The number of carbonyl (C=O) groups excluding carboxylic acids is 3. The number of non-ortho nitro benzene ring substituents is 2. The second-order valence-electron chi connectivity index (χ2n) is 8.64. The topological polar surface area (TPSA) is 254 Å². The molecule has 0 saturated carbocycles. The Kier molecular flexibility index (Phi) is 13.1. The van der Waals surface area contributed by atoms with Gasteiger partial charge in [0, 0.05) is 37.4 Å². The van der Waals surface area contributed by atoms with Gasteiger partial charge in [0.05, 0.1) is 15.9 Å². The van der Waals surface area contributed by atoms with Gasteiger partial charge >= 0.3 is 24.3 Å².